The second kappa shape index (κ2) is 4.66. The van der Waals surface area contributed by atoms with Crippen molar-refractivity contribution >= 4 is 5.88 Å². The Morgan fingerprint density at radius 3 is 2.35 bits per heavy atom. The normalized spacial score (nSPS) is 16.1. The van der Waals surface area contributed by atoms with Crippen LogP contribution in [0.25, 0.3) is 11.3 Å². The maximum atomic E-state index is 5.94. The average Bonchev–Trinajstić information content (AvgIpc) is 2.90. The second-order valence-corrected chi connectivity index (χ2v) is 4.55. The molecule has 1 aliphatic heterocycles. The zero-order valence-electron chi connectivity index (χ0n) is 9.93. The van der Waals surface area contributed by atoms with Crippen molar-refractivity contribution in [1.82, 2.24) is 0 Å². The number of piperidine rings is 1. The minimum atomic E-state index is 0.964. The highest BCUT2D eigenvalue weighted by Crippen LogP contribution is 2.28. The van der Waals surface area contributed by atoms with E-state index >= 15 is 0 Å². The van der Waals surface area contributed by atoms with Gasteiger partial charge in [-0.25, -0.2) is 0 Å². The number of furan rings is 1. The summed E-state index contributed by atoms with van der Waals surface area (Å²) in [5, 5.41) is 0. The van der Waals surface area contributed by atoms with Crippen molar-refractivity contribution in [3.05, 3.63) is 42.5 Å². The molecule has 1 fully saturated rings. The molecule has 2 nitrogen and oxygen atoms in total. The van der Waals surface area contributed by atoms with E-state index in [0.29, 0.717) is 0 Å². The molecule has 0 aliphatic carbocycles. The van der Waals surface area contributed by atoms with Crippen LogP contribution in [-0.2, 0) is 0 Å². The molecule has 1 aliphatic rings. The van der Waals surface area contributed by atoms with E-state index in [2.05, 4.69) is 29.2 Å². The summed E-state index contributed by atoms with van der Waals surface area (Å²) >= 11 is 0. The third kappa shape index (κ3) is 2.21. The first-order valence-electron chi connectivity index (χ1n) is 6.34. The van der Waals surface area contributed by atoms with Gasteiger partial charge in [0.15, 0.2) is 5.88 Å². The molecule has 2 heterocycles. The zero-order chi connectivity index (χ0) is 11.5. The summed E-state index contributed by atoms with van der Waals surface area (Å²) in [6, 6.07) is 14.4. The molecule has 0 radical (unpaired) electrons. The second-order valence-electron chi connectivity index (χ2n) is 4.55. The van der Waals surface area contributed by atoms with Gasteiger partial charge in [0.05, 0.1) is 0 Å². The fraction of sp³-hybridized carbons (Fsp3) is 0.333. The smallest absolute Gasteiger partial charge is 0.196 e. The Morgan fingerprint density at radius 1 is 0.824 bits per heavy atom. The fourth-order valence-electron chi connectivity index (χ4n) is 2.37. The molecule has 0 bridgehead atoms. The maximum Gasteiger partial charge on any atom is 0.196 e. The largest absolute Gasteiger partial charge is 0.441 e. The van der Waals surface area contributed by atoms with Crippen LogP contribution in [0.4, 0.5) is 5.88 Å². The maximum absolute atomic E-state index is 5.94. The first-order chi connectivity index (χ1) is 8.43. The SMILES string of the molecule is c1ccc(-c2ccc(N3CCCCC3)o2)cc1. The molecule has 88 valence electrons. The minimum Gasteiger partial charge on any atom is -0.441 e. The Hall–Kier alpha value is -1.70. The molecule has 0 saturated carbocycles. The van der Waals surface area contributed by atoms with Gasteiger partial charge in [-0.05, 0) is 25.3 Å². The highest BCUT2D eigenvalue weighted by molar-refractivity contribution is 5.59. The topological polar surface area (TPSA) is 16.4 Å². The molecule has 0 N–H and O–H groups in total. The lowest BCUT2D eigenvalue weighted by atomic mass is 10.1. The van der Waals surface area contributed by atoms with Crippen LogP contribution >= 0.6 is 0 Å². The summed E-state index contributed by atoms with van der Waals surface area (Å²) in [7, 11) is 0. The molecule has 1 aromatic carbocycles. The molecular weight excluding hydrogens is 210 g/mol. The first-order valence-corrected chi connectivity index (χ1v) is 6.34. The Morgan fingerprint density at radius 2 is 1.59 bits per heavy atom. The van der Waals surface area contributed by atoms with Crippen LogP contribution in [0.5, 0.6) is 0 Å². The third-order valence-electron chi connectivity index (χ3n) is 3.32. The molecule has 1 aromatic heterocycles. The van der Waals surface area contributed by atoms with Crippen molar-refractivity contribution in [2.24, 2.45) is 0 Å². The average molecular weight is 227 g/mol. The predicted molar refractivity (Wildman–Crippen MR) is 70.2 cm³/mol. The van der Waals surface area contributed by atoms with E-state index in [4.69, 9.17) is 4.42 Å². The Balaban J connectivity index is 1.83. The summed E-state index contributed by atoms with van der Waals surface area (Å²) in [5.74, 6) is 1.98. The van der Waals surface area contributed by atoms with E-state index < -0.39 is 0 Å². The zero-order valence-corrected chi connectivity index (χ0v) is 9.93. The van der Waals surface area contributed by atoms with Crippen molar-refractivity contribution in [3.8, 4) is 11.3 Å². The van der Waals surface area contributed by atoms with Gasteiger partial charge in [0, 0.05) is 24.7 Å². The van der Waals surface area contributed by atoms with E-state index in [0.717, 1.165) is 30.3 Å². The molecule has 17 heavy (non-hydrogen) atoms. The summed E-state index contributed by atoms with van der Waals surface area (Å²) in [6.45, 7) is 2.25. The van der Waals surface area contributed by atoms with Crippen molar-refractivity contribution in [2.75, 3.05) is 18.0 Å². The number of rotatable bonds is 2. The van der Waals surface area contributed by atoms with E-state index in [9.17, 15) is 0 Å². The third-order valence-corrected chi connectivity index (χ3v) is 3.32. The molecular formula is C15H17NO. The molecule has 0 spiro atoms. The predicted octanol–water partition coefficient (Wildman–Crippen LogP) is 3.94. The molecule has 0 atom stereocenters. The van der Waals surface area contributed by atoms with Crippen molar-refractivity contribution in [3.63, 3.8) is 0 Å². The monoisotopic (exact) mass is 227 g/mol. The number of benzene rings is 1. The summed E-state index contributed by atoms with van der Waals surface area (Å²) < 4.78 is 5.94. The molecule has 3 rings (SSSR count). The van der Waals surface area contributed by atoms with Gasteiger partial charge >= 0.3 is 0 Å². The van der Waals surface area contributed by atoms with E-state index in [-0.39, 0.29) is 0 Å². The molecule has 2 heteroatoms. The number of hydrogen-bond donors (Lipinski definition) is 0. The standard InChI is InChI=1S/C15H17NO/c1-3-7-13(8-4-1)14-9-10-15(17-14)16-11-5-2-6-12-16/h1,3-4,7-10H,2,5-6,11-12H2. The van der Waals surface area contributed by atoms with Gasteiger partial charge in [-0.1, -0.05) is 30.3 Å². The number of nitrogens with zero attached hydrogens (tertiary/aromatic N) is 1. The Bertz CT molecular complexity index is 469. The molecule has 1 saturated heterocycles. The van der Waals surface area contributed by atoms with Gasteiger partial charge in [0.1, 0.15) is 5.76 Å². The summed E-state index contributed by atoms with van der Waals surface area (Å²) in [6.07, 6.45) is 3.91. The molecule has 0 amide bonds. The highest BCUT2D eigenvalue weighted by Gasteiger charge is 2.14. The van der Waals surface area contributed by atoms with Gasteiger partial charge in [-0.2, -0.15) is 0 Å². The van der Waals surface area contributed by atoms with Crippen molar-refractivity contribution in [2.45, 2.75) is 19.3 Å². The molecule has 0 unspecified atom stereocenters. The van der Waals surface area contributed by atoms with Gasteiger partial charge in [-0.3, -0.25) is 0 Å². The number of anilines is 1. The minimum absolute atomic E-state index is 0.964. The van der Waals surface area contributed by atoms with E-state index in [1.54, 1.807) is 0 Å². The van der Waals surface area contributed by atoms with Gasteiger partial charge in [0.2, 0.25) is 0 Å². The van der Waals surface area contributed by atoms with Crippen LogP contribution in [0.3, 0.4) is 0 Å². The van der Waals surface area contributed by atoms with E-state index in [1.807, 2.05) is 18.2 Å². The van der Waals surface area contributed by atoms with Gasteiger partial charge in [0.25, 0.3) is 0 Å². The molecule has 2 aromatic rings. The highest BCUT2D eigenvalue weighted by atomic mass is 16.4. The number of hydrogen-bond acceptors (Lipinski definition) is 2. The van der Waals surface area contributed by atoms with Crippen molar-refractivity contribution < 1.29 is 4.42 Å². The lowest BCUT2D eigenvalue weighted by molar-refractivity contribution is 0.507. The Labute approximate surface area is 102 Å². The van der Waals surface area contributed by atoms with Crippen LogP contribution in [0.2, 0.25) is 0 Å². The summed E-state index contributed by atoms with van der Waals surface area (Å²) in [5.41, 5.74) is 1.15. The Kier molecular flexibility index (Phi) is 2.87. The van der Waals surface area contributed by atoms with E-state index in [1.165, 1.54) is 19.3 Å². The fourth-order valence-corrected chi connectivity index (χ4v) is 2.37. The van der Waals surface area contributed by atoms with Crippen LogP contribution in [0, 0.1) is 0 Å². The first kappa shape index (κ1) is 10.5. The quantitative estimate of drug-likeness (QED) is 0.772. The van der Waals surface area contributed by atoms with Crippen LogP contribution in [0.15, 0.2) is 46.9 Å². The summed E-state index contributed by atoms with van der Waals surface area (Å²) in [4.78, 5) is 2.34. The van der Waals surface area contributed by atoms with Crippen molar-refractivity contribution in [1.29, 1.82) is 0 Å². The van der Waals surface area contributed by atoms with Crippen LogP contribution in [0.1, 0.15) is 19.3 Å². The van der Waals surface area contributed by atoms with Gasteiger partial charge in [-0.15, -0.1) is 0 Å². The lowest BCUT2D eigenvalue weighted by Crippen LogP contribution is -2.28. The van der Waals surface area contributed by atoms with Crippen LogP contribution < -0.4 is 4.90 Å². The van der Waals surface area contributed by atoms with Crippen LogP contribution in [-0.4, -0.2) is 13.1 Å². The lowest BCUT2D eigenvalue weighted by Gasteiger charge is -2.25. The van der Waals surface area contributed by atoms with Gasteiger partial charge < -0.3 is 9.32 Å².